The summed E-state index contributed by atoms with van der Waals surface area (Å²) in [6.07, 6.45) is 1.65. The van der Waals surface area contributed by atoms with Crippen LogP contribution in [-0.4, -0.2) is 22.2 Å². The molecule has 0 unspecified atom stereocenters. The van der Waals surface area contributed by atoms with Crippen molar-refractivity contribution in [1.29, 1.82) is 0 Å². The fraction of sp³-hybridized carbons (Fsp3) is 0.100. The molecule has 0 saturated carbocycles. The highest BCUT2D eigenvalue weighted by Crippen LogP contribution is 2.36. The molecule has 0 fully saturated rings. The Kier molecular flexibility index (Phi) is 2.55. The van der Waals surface area contributed by atoms with Gasteiger partial charge in [0.15, 0.2) is 0 Å². The van der Waals surface area contributed by atoms with Crippen LogP contribution in [0.25, 0.3) is 11.3 Å². The molecule has 16 heavy (non-hydrogen) atoms. The summed E-state index contributed by atoms with van der Waals surface area (Å²) < 4.78 is 5.07. The number of hydrogen-bond acceptors (Lipinski definition) is 4. The molecule has 1 aromatic carbocycles. The van der Waals surface area contributed by atoms with Crippen LogP contribution in [0.2, 0.25) is 0 Å². The van der Waals surface area contributed by atoms with Crippen LogP contribution in [0.1, 0.15) is 0 Å². The van der Waals surface area contributed by atoms with Crippen LogP contribution < -0.4 is 4.74 Å². The average Bonchev–Trinajstić information content (AvgIpc) is 2.81. The fourth-order valence-corrected chi connectivity index (χ4v) is 1.50. The van der Waals surface area contributed by atoms with Gasteiger partial charge in [0.05, 0.1) is 23.3 Å². The number of rotatable bonds is 3. The summed E-state index contributed by atoms with van der Waals surface area (Å²) in [5, 5.41) is 17.4. The molecule has 0 bridgehead atoms. The zero-order valence-corrected chi connectivity index (χ0v) is 8.51. The Labute approximate surface area is 91.0 Å². The van der Waals surface area contributed by atoms with Gasteiger partial charge in [-0.1, -0.05) is 6.07 Å². The van der Waals surface area contributed by atoms with E-state index in [1.165, 1.54) is 13.2 Å². The molecule has 6 heteroatoms. The van der Waals surface area contributed by atoms with Gasteiger partial charge in [-0.25, -0.2) is 0 Å². The molecular weight excluding hydrogens is 210 g/mol. The predicted molar refractivity (Wildman–Crippen MR) is 57.2 cm³/mol. The van der Waals surface area contributed by atoms with E-state index in [9.17, 15) is 10.1 Å². The number of aromatic amines is 1. The Bertz CT molecular complexity index is 508. The maximum absolute atomic E-state index is 10.8. The van der Waals surface area contributed by atoms with Gasteiger partial charge in [-0.3, -0.25) is 15.2 Å². The van der Waals surface area contributed by atoms with E-state index < -0.39 is 4.92 Å². The first kappa shape index (κ1) is 10.2. The van der Waals surface area contributed by atoms with Gasteiger partial charge in [0.25, 0.3) is 0 Å². The van der Waals surface area contributed by atoms with Gasteiger partial charge < -0.3 is 4.74 Å². The Hall–Kier alpha value is -2.37. The van der Waals surface area contributed by atoms with Crippen LogP contribution in [0.4, 0.5) is 5.69 Å². The number of methoxy groups -OCH3 is 1. The third-order valence-electron chi connectivity index (χ3n) is 2.17. The molecule has 1 aromatic heterocycles. The normalized spacial score (nSPS) is 10.1. The van der Waals surface area contributed by atoms with E-state index in [1.54, 1.807) is 24.4 Å². The molecule has 0 aliphatic heterocycles. The van der Waals surface area contributed by atoms with Crippen LogP contribution in [0.5, 0.6) is 5.75 Å². The van der Waals surface area contributed by atoms with Crippen LogP contribution in [0, 0.1) is 10.1 Å². The van der Waals surface area contributed by atoms with Crippen molar-refractivity contribution in [2.45, 2.75) is 0 Å². The minimum Gasteiger partial charge on any atom is -0.490 e. The second-order valence-electron chi connectivity index (χ2n) is 3.07. The third-order valence-corrected chi connectivity index (χ3v) is 2.17. The summed E-state index contributed by atoms with van der Waals surface area (Å²) >= 11 is 0. The highest BCUT2D eigenvalue weighted by atomic mass is 16.6. The summed E-state index contributed by atoms with van der Waals surface area (Å²) in [5.74, 6) is 0.222. The SMILES string of the molecule is COc1c(-c2cc[nH]n2)cccc1[N+](=O)[O-]. The van der Waals surface area contributed by atoms with Crippen LogP contribution in [0.15, 0.2) is 30.5 Å². The van der Waals surface area contributed by atoms with Crippen molar-refractivity contribution in [2.75, 3.05) is 7.11 Å². The third kappa shape index (κ3) is 1.60. The van der Waals surface area contributed by atoms with Gasteiger partial charge in [-0.05, 0) is 12.1 Å². The first-order chi connectivity index (χ1) is 7.74. The second kappa shape index (κ2) is 4.01. The Balaban J connectivity index is 2.62. The van der Waals surface area contributed by atoms with Gasteiger partial charge in [0.2, 0.25) is 5.75 Å². The number of ether oxygens (including phenoxy) is 1. The molecule has 82 valence electrons. The molecule has 0 atom stereocenters. The summed E-state index contributed by atoms with van der Waals surface area (Å²) in [6, 6.07) is 6.45. The zero-order chi connectivity index (χ0) is 11.5. The Morgan fingerprint density at radius 2 is 2.25 bits per heavy atom. The Morgan fingerprint density at radius 3 is 2.81 bits per heavy atom. The first-order valence-electron chi connectivity index (χ1n) is 4.55. The van der Waals surface area contributed by atoms with Crippen molar-refractivity contribution in [1.82, 2.24) is 10.2 Å². The van der Waals surface area contributed by atoms with Crippen molar-refractivity contribution in [3.8, 4) is 17.0 Å². The molecule has 0 spiro atoms. The van der Waals surface area contributed by atoms with Crippen molar-refractivity contribution in [2.24, 2.45) is 0 Å². The molecule has 2 rings (SSSR count). The number of para-hydroxylation sites is 1. The Morgan fingerprint density at radius 1 is 1.44 bits per heavy atom. The van der Waals surface area contributed by atoms with Crippen molar-refractivity contribution in [3.05, 3.63) is 40.6 Å². The van der Waals surface area contributed by atoms with E-state index in [4.69, 9.17) is 4.74 Å². The molecule has 2 aromatic rings. The van der Waals surface area contributed by atoms with E-state index in [0.29, 0.717) is 11.3 Å². The number of nitro groups is 1. The zero-order valence-electron chi connectivity index (χ0n) is 8.51. The van der Waals surface area contributed by atoms with Gasteiger partial charge in [-0.2, -0.15) is 5.10 Å². The molecule has 0 radical (unpaired) electrons. The van der Waals surface area contributed by atoms with Crippen LogP contribution in [-0.2, 0) is 0 Å². The second-order valence-corrected chi connectivity index (χ2v) is 3.07. The van der Waals surface area contributed by atoms with Gasteiger partial charge in [0.1, 0.15) is 0 Å². The van der Waals surface area contributed by atoms with Crippen molar-refractivity contribution in [3.63, 3.8) is 0 Å². The van der Waals surface area contributed by atoms with Crippen LogP contribution >= 0.6 is 0 Å². The van der Waals surface area contributed by atoms with Crippen LogP contribution in [0.3, 0.4) is 0 Å². The molecule has 1 N–H and O–H groups in total. The van der Waals surface area contributed by atoms with E-state index in [0.717, 1.165) is 0 Å². The maximum atomic E-state index is 10.8. The quantitative estimate of drug-likeness (QED) is 0.632. The predicted octanol–water partition coefficient (Wildman–Crippen LogP) is 1.99. The van der Waals surface area contributed by atoms with E-state index in [1.807, 2.05) is 0 Å². The number of nitro benzene ring substituents is 1. The number of benzene rings is 1. The van der Waals surface area contributed by atoms with Crippen molar-refractivity contribution >= 4 is 5.69 Å². The van der Waals surface area contributed by atoms with Gasteiger partial charge in [0, 0.05) is 12.3 Å². The highest BCUT2D eigenvalue weighted by molar-refractivity contribution is 5.72. The summed E-state index contributed by atoms with van der Waals surface area (Å²) in [5.41, 5.74) is 1.14. The summed E-state index contributed by atoms with van der Waals surface area (Å²) in [7, 11) is 1.40. The maximum Gasteiger partial charge on any atom is 0.311 e. The number of nitrogens with zero attached hydrogens (tertiary/aromatic N) is 2. The topological polar surface area (TPSA) is 81.0 Å². The summed E-state index contributed by atoms with van der Waals surface area (Å²) in [4.78, 5) is 10.3. The van der Waals surface area contributed by atoms with Gasteiger partial charge in [-0.15, -0.1) is 0 Å². The lowest BCUT2D eigenvalue weighted by molar-refractivity contribution is -0.385. The molecule has 0 saturated heterocycles. The number of hydrogen-bond donors (Lipinski definition) is 1. The largest absolute Gasteiger partial charge is 0.490 e. The number of aromatic nitrogens is 2. The fourth-order valence-electron chi connectivity index (χ4n) is 1.50. The average molecular weight is 219 g/mol. The molecule has 0 amide bonds. The minimum absolute atomic E-state index is 0.0667. The standard InChI is InChI=1S/C10H9N3O3/c1-16-10-7(8-5-6-11-12-8)3-2-4-9(10)13(14)15/h2-6H,1H3,(H,11,12). The smallest absolute Gasteiger partial charge is 0.311 e. The number of H-pyrrole nitrogens is 1. The monoisotopic (exact) mass is 219 g/mol. The summed E-state index contributed by atoms with van der Waals surface area (Å²) in [6.45, 7) is 0. The minimum atomic E-state index is -0.477. The van der Waals surface area contributed by atoms with Crippen molar-refractivity contribution < 1.29 is 9.66 Å². The molecule has 1 heterocycles. The van der Waals surface area contributed by atoms with E-state index in [2.05, 4.69) is 10.2 Å². The molecule has 0 aliphatic carbocycles. The molecule has 0 aliphatic rings. The van der Waals surface area contributed by atoms with Gasteiger partial charge >= 0.3 is 5.69 Å². The number of nitrogens with one attached hydrogen (secondary N) is 1. The lowest BCUT2D eigenvalue weighted by atomic mass is 10.1. The lowest BCUT2D eigenvalue weighted by Gasteiger charge is -2.05. The first-order valence-corrected chi connectivity index (χ1v) is 4.55. The molecular formula is C10H9N3O3. The molecule has 6 nitrogen and oxygen atoms in total. The lowest BCUT2D eigenvalue weighted by Crippen LogP contribution is -1.95. The highest BCUT2D eigenvalue weighted by Gasteiger charge is 2.19. The van der Waals surface area contributed by atoms with E-state index >= 15 is 0 Å². The van der Waals surface area contributed by atoms with E-state index in [-0.39, 0.29) is 11.4 Å².